The lowest BCUT2D eigenvalue weighted by Gasteiger charge is -2.27. The highest BCUT2D eigenvalue weighted by Gasteiger charge is 2.32. The number of terminal acetylenes is 1. The number of pyridine rings is 1. The van der Waals surface area contributed by atoms with Crippen LogP contribution in [0.5, 0.6) is 5.88 Å². The van der Waals surface area contributed by atoms with Gasteiger partial charge in [-0.3, -0.25) is 14.3 Å². The van der Waals surface area contributed by atoms with Gasteiger partial charge in [-0.15, -0.1) is 6.42 Å². The SMILES string of the molecule is C#Cc1cccc(C(C(C)C)n2c(CCCC)nc(O)c(S(=O)(=O)c3ccc(-c4ccncc4C)cc3)c2=O)c1. The first-order chi connectivity index (χ1) is 19.1. The molecular weight excluding hydrogens is 522 g/mol. The predicted octanol–water partition coefficient (Wildman–Crippen LogP) is 5.72. The zero-order chi connectivity index (χ0) is 29.0. The van der Waals surface area contributed by atoms with Crippen molar-refractivity contribution < 1.29 is 13.5 Å². The topological polar surface area (TPSA) is 102 Å². The molecule has 7 nitrogen and oxygen atoms in total. The summed E-state index contributed by atoms with van der Waals surface area (Å²) in [6, 6.07) is 14.8. The van der Waals surface area contributed by atoms with Crippen LogP contribution in [0.1, 0.15) is 62.2 Å². The molecule has 4 rings (SSSR count). The Morgan fingerprint density at radius 1 is 1.10 bits per heavy atom. The Hall–Kier alpha value is -4.22. The molecule has 206 valence electrons. The first-order valence-electron chi connectivity index (χ1n) is 13.3. The van der Waals surface area contributed by atoms with E-state index >= 15 is 0 Å². The lowest BCUT2D eigenvalue weighted by molar-refractivity contribution is 0.374. The monoisotopic (exact) mass is 555 g/mol. The van der Waals surface area contributed by atoms with Crippen molar-refractivity contribution in [3.63, 3.8) is 0 Å². The summed E-state index contributed by atoms with van der Waals surface area (Å²) in [5.41, 5.74) is 3.27. The van der Waals surface area contributed by atoms with Crippen LogP contribution in [0.4, 0.5) is 0 Å². The zero-order valence-electron chi connectivity index (χ0n) is 23.1. The Bertz CT molecular complexity index is 1730. The summed E-state index contributed by atoms with van der Waals surface area (Å²) in [4.78, 5) is 21.7. The van der Waals surface area contributed by atoms with E-state index in [4.69, 9.17) is 6.42 Å². The van der Waals surface area contributed by atoms with Crippen LogP contribution in [-0.4, -0.2) is 28.1 Å². The third-order valence-electron chi connectivity index (χ3n) is 6.95. The van der Waals surface area contributed by atoms with Crippen molar-refractivity contribution in [2.24, 2.45) is 5.92 Å². The zero-order valence-corrected chi connectivity index (χ0v) is 23.9. The van der Waals surface area contributed by atoms with Crippen LogP contribution < -0.4 is 5.56 Å². The van der Waals surface area contributed by atoms with Gasteiger partial charge in [0.15, 0.2) is 4.90 Å². The molecule has 1 atom stereocenters. The van der Waals surface area contributed by atoms with Crippen LogP contribution in [0.3, 0.4) is 0 Å². The maximum absolute atomic E-state index is 14.1. The van der Waals surface area contributed by atoms with Crippen molar-refractivity contribution in [3.05, 3.63) is 99.9 Å². The van der Waals surface area contributed by atoms with Crippen LogP contribution in [0.2, 0.25) is 0 Å². The molecule has 0 spiro atoms. The number of hydrogen-bond acceptors (Lipinski definition) is 6. The fourth-order valence-electron chi connectivity index (χ4n) is 4.96. The first-order valence-corrected chi connectivity index (χ1v) is 14.8. The average molecular weight is 556 g/mol. The molecule has 0 bridgehead atoms. The summed E-state index contributed by atoms with van der Waals surface area (Å²) >= 11 is 0. The maximum Gasteiger partial charge on any atom is 0.277 e. The van der Waals surface area contributed by atoms with E-state index < -0.39 is 32.2 Å². The molecule has 0 fully saturated rings. The predicted molar refractivity (Wildman–Crippen MR) is 156 cm³/mol. The summed E-state index contributed by atoms with van der Waals surface area (Å²) in [5.74, 6) is 2.04. The maximum atomic E-state index is 14.1. The van der Waals surface area contributed by atoms with Gasteiger partial charge in [0.05, 0.1) is 10.9 Å². The fourth-order valence-corrected chi connectivity index (χ4v) is 6.30. The Kier molecular flexibility index (Phi) is 8.55. The van der Waals surface area contributed by atoms with Crippen molar-refractivity contribution in [2.45, 2.75) is 62.8 Å². The van der Waals surface area contributed by atoms with Gasteiger partial charge in [-0.1, -0.05) is 57.4 Å². The van der Waals surface area contributed by atoms with E-state index in [2.05, 4.69) is 15.9 Å². The van der Waals surface area contributed by atoms with Crippen LogP contribution in [0.15, 0.2) is 81.6 Å². The van der Waals surface area contributed by atoms with E-state index in [0.717, 1.165) is 28.7 Å². The molecule has 8 heteroatoms. The van der Waals surface area contributed by atoms with E-state index in [1.54, 1.807) is 30.6 Å². The minimum Gasteiger partial charge on any atom is -0.492 e. The number of aryl methyl sites for hydroxylation is 2. The van der Waals surface area contributed by atoms with Gasteiger partial charge in [0.2, 0.25) is 15.7 Å². The minimum absolute atomic E-state index is 0.111. The van der Waals surface area contributed by atoms with Gasteiger partial charge in [-0.2, -0.15) is 4.98 Å². The lowest BCUT2D eigenvalue weighted by atomic mass is 9.94. The van der Waals surface area contributed by atoms with Gasteiger partial charge in [-0.25, -0.2) is 8.42 Å². The number of benzene rings is 2. The van der Waals surface area contributed by atoms with Crippen LogP contribution in [-0.2, 0) is 16.3 Å². The highest BCUT2D eigenvalue weighted by atomic mass is 32.2. The quantitative estimate of drug-likeness (QED) is 0.265. The summed E-state index contributed by atoms with van der Waals surface area (Å²) in [6.45, 7) is 7.83. The van der Waals surface area contributed by atoms with Crippen molar-refractivity contribution in [2.75, 3.05) is 0 Å². The fraction of sp³-hybridized carbons (Fsp3) is 0.281. The van der Waals surface area contributed by atoms with Crippen molar-refractivity contribution in [1.82, 2.24) is 14.5 Å². The normalized spacial score (nSPS) is 12.3. The minimum atomic E-state index is -4.41. The van der Waals surface area contributed by atoms with Gasteiger partial charge in [0, 0.05) is 24.4 Å². The van der Waals surface area contributed by atoms with Gasteiger partial charge in [0.1, 0.15) is 5.82 Å². The number of sulfone groups is 1. The second kappa shape index (κ2) is 11.9. The Balaban J connectivity index is 1.91. The highest BCUT2D eigenvalue weighted by Crippen LogP contribution is 2.32. The lowest BCUT2D eigenvalue weighted by Crippen LogP contribution is -2.35. The first kappa shape index (κ1) is 28.8. The van der Waals surface area contributed by atoms with Crippen LogP contribution in [0.25, 0.3) is 11.1 Å². The molecule has 0 aliphatic carbocycles. The molecular formula is C32H33N3O4S. The van der Waals surface area contributed by atoms with E-state index in [9.17, 15) is 18.3 Å². The number of unbranched alkanes of at least 4 members (excludes halogenated alkanes) is 1. The summed E-state index contributed by atoms with van der Waals surface area (Å²) in [7, 11) is -4.41. The van der Waals surface area contributed by atoms with E-state index in [-0.39, 0.29) is 10.8 Å². The Labute approximate surface area is 235 Å². The second-order valence-corrected chi connectivity index (χ2v) is 12.0. The Morgan fingerprint density at radius 3 is 2.45 bits per heavy atom. The molecule has 4 aromatic rings. The molecule has 0 amide bonds. The number of hydrogen-bond donors (Lipinski definition) is 1. The third-order valence-corrected chi connectivity index (χ3v) is 8.74. The van der Waals surface area contributed by atoms with Gasteiger partial charge in [0.25, 0.3) is 5.56 Å². The van der Waals surface area contributed by atoms with E-state index in [0.29, 0.717) is 24.2 Å². The Morgan fingerprint density at radius 2 is 1.82 bits per heavy atom. The molecule has 0 saturated carbocycles. The molecule has 0 saturated heterocycles. The standard InChI is InChI=1S/C32H33N3O4S/c1-6-8-12-28-34-31(36)30(32(37)35(28)29(21(3)4)25-11-9-10-23(7-2)19-25)40(38,39)26-15-13-24(14-16-26)27-17-18-33-20-22(27)5/h2,9-11,13-21,29,36H,6,8,12H2,1,3-5H3. The average Bonchev–Trinajstić information content (AvgIpc) is 2.93. The molecule has 40 heavy (non-hydrogen) atoms. The number of rotatable bonds is 9. The molecule has 2 aromatic heterocycles. The molecule has 0 radical (unpaired) electrons. The second-order valence-electron chi connectivity index (χ2n) is 10.1. The molecule has 2 aromatic carbocycles. The van der Waals surface area contributed by atoms with Crippen molar-refractivity contribution >= 4 is 9.84 Å². The number of nitrogens with zero attached hydrogens (tertiary/aromatic N) is 3. The van der Waals surface area contributed by atoms with Gasteiger partial charge >= 0.3 is 0 Å². The summed E-state index contributed by atoms with van der Waals surface area (Å²) in [5, 5.41) is 10.9. The van der Waals surface area contributed by atoms with Crippen LogP contribution in [0, 0.1) is 25.2 Å². The molecule has 1 N–H and O–H groups in total. The number of aromatic nitrogens is 3. The molecule has 2 heterocycles. The third kappa shape index (κ3) is 5.56. The molecule has 1 unspecified atom stereocenters. The smallest absolute Gasteiger partial charge is 0.277 e. The molecule has 0 aliphatic rings. The van der Waals surface area contributed by atoms with Crippen LogP contribution >= 0.6 is 0 Å². The van der Waals surface area contributed by atoms with Crippen molar-refractivity contribution in [1.29, 1.82) is 0 Å². The van der Waals surface area contributed by atoms with E-state index in [1.165, 1.54) is 16.7 Å². The summed E-state index contributed by atoms with van der Waals surface area (Å²) < 4.78 is 29.1. The van der Waals surface area contributed by atoms with Gasteiger partial charge < -0.3 is 5.11 Å². The number of aromatic hydroxyl groups is 1. The molecule has 0 aliphatic heterocycles. The largest absolute Gasteiger partial charge is 0.492 e. The van der Waals surface area contributed by atoms with E-state index in [1.807, 2.05) is 52.0 Å². The van der Waals surface area contributed by atoms with Gasteiger partial charge in [-0.05, 0) is 71.8 Å². The summed E-state index contributed by atoms with van der Waals surface area (Å²) in [6.07, 6.45) is 11.0. The van der Waals surface area contributed by atoms with Crippen molar-refractivity contribution in [3.8, 4) is 29.4 Å². The highest BCUT2D eigenvalue weighted by molar-refractivity contribution is 7.91.